The topological polar surface area (TPSA) is 37.3 Å². The Labute approximate surface area is 92.4 Å². The summed E-state index contributed by atoms with van der Waals surface area (Å²) in [5, 5.41) is 9.15. The molecule has 0 heterocycles. The van der Waals surface area contributed by atoms with Crippen LogP contribution in [0.25, 0.3) is 0 Å². The molecule has 1 aliphatic rings. The average Bonchev–Trinajstić information content (AvgIpc) is 2.17. The Bertz CT molecular complexity index is 245. The van der Waals surface area contributed by atoms with E-state index in [-0.39, 0.29) is 5.92 Å². The molecule has 0 bridgehead atoms. The number of carboxylic acids is 1. The molecular weight excluding hydrogens is 188 g/mol. The van der Waals surface area contributed by atoms with Crippen LogP contribution in [0.1, 0.15) is 46.0 Å². The maximum Gasteiger partial charge on any atom is 0.306 e. The number of aliphatic carboxylic acids is 1. The van der Waals surface area contributed by atoms with Gasteiger partial charge in [0.05, 0.1) is 5.92 Å². The van der Waals surface area contributed by atoms with Crippen molar-refractivity contribution in [2.24, 2.45) is 17.8 Å². The van der Waals surface area contributed by atoms with Gasteiger partial charge in [-0.2, -0.15) is 0 Å². The summed E-state index contributed by atoms with van der Waals surface area (Å²) in [7, 11) is 0. The number of carboxylic acid groups (broad SMARTS) is 1. The first-order valence-corrected chi connectivity index (χ1v) is 5.94. The van der Waals surface area contributed by atoms with Gasteiger partial charge in [-0.05, 0) is 43.9 Å². The molecule has 0 saturated heterocycles. The van der Waals surface area contributed by atoms with E-state index in [9.17, 15) is 4.79 Å². The van der Waals surface area contributed by atoms with Gasteiger partial charge in [-0.3, -0.25) is 4.79 Å². The van der Waals surface area contributed by atoms with E-state index in [1.807, 2.05) is 0 Å². The van der Waals surface area contributed by atoms with Crippen LogP contribution in [0.3, 0.4) is 0 Å². The van der Waals surface area contributed by atoms with Crippen LogP contribution in [0.2, 0.25) is 0 Å². The molecule has 0 spiro atoms. The minimum atomic E-state index is -0.615. The predicted molar refractivity (Wildman–Crippen MR) is 61.7 cm³/mol. The lowest BCUT2D eigenvalue weighted by Crippen LogP contribution is -2.30. The first-order chi connectivity index (χ1) is 7.04. The lowest BCUT2D eigenvalue weighted by atomic mass is 9.72. The second-order valence-corrected chi connectivity index (χ2v) is 4.93. The molecule has 0 aromatic rings. The van der Waals surface area contributed by atoms with Crippen LogP contribution < -0.4 is 0 Å². The zero-order chi connectivity index (χ0) is 11.4. The Kier molecular flexibility index (Phi) is 4.37. The zero-order valence-electron chi connectivity index (χ0n) is 9.83. The van der Waals surface area contributed by atoms with E-state index < -0.39 is 5.97 Å². The maximum absolute atomic E-state index is 11.1. The number of hydrogen-bond acceptors (Lipinski definition) is 1. The van der Waals surface area contributed by atoms with Crippen molar-refractivity contribution in [3.8, 4) is 0 Å². The van der Waals surface area contributed by atoms with Crippen LogP contribution in [0.5, 0.6) is 0 Å². The quantitative estimate of drug-likeness (QED) is 0.721. The third-order valence-corrected chi connectivity index (χ3v) is 3.61. The molecule has 3 atom stereocenters. The Morgan fingerprint density at radius 2 is 2.13 bits per heavy atom. The Hall–Kier alpha value is -0.790. The molecule has 86 valence electrons. The first-order valence-electron chi connectivity index (χ1n) is 5.94. The molecule has 15 heavy (non-hydrogen) atoms. The van der Waals surface area contributed by atoms with Crippen molar-refractivity contribution in [3.63, 3.8) is 0 Å². The Morgan fingerprint density at radius 1 is 1.47 bits per heavy atom. The lowest BCUT2D eigenvalue weighted by molar-refractivity contribution is -0.145. The fourth-order valence-corrected chi connectivity index (χ4v) is 2.56. The van der Waals surface area contributed by atoms with E-state index >= 15 is 0 Å². The third-order valence-electron chi connectivity index (χ3n) is 3.61. The van der Waals surface area contributed by atoms with Crippen molar-refractivity contribution < 1.29 is 9.90 Å². The molecule has 3 unspecified atom stereocenters. The van der Waals surface area contributed by atoms with E-state index in [4.69, 9.17) is 5.11 Å². The number of carbonyl (C=O) groups is 1. The monoisotopic (exact) mass is 210 g/mol. The summed E-state index contributed by atoms with van der Waals surface area (Å²) in [6.07, 6.45) is 4.83. The maximum atomic E-state index is 11.1. The summed E-state index contributed by atoms with van der Waals surface area (Å²) in [5.74, 6) is 0.245. The van der Waals surface area contributed by atoms with Crippen LogP contribution in [-0.2, 0) is 4.79 Å². The predicted octanol–water partition coefficient (Wildman–Crippen LogP) is 3.48. The highest BCUT2D eigenvalue weighted by Gasteiger charge is 2.33. The van der Waals surface area contributed by atoms with Crippen molar-refractivity contribution in [1.29, 1.82) is 0 Å². The van der Waals surface area contributed by atoms with Crippen LogP contribution >= 0.6 is 0 Å². The largest absolute Gasteiger partial charge is 0.481 e. The summed E-state index contributed by atoms with van der Waals surface area (Å²) in [6, 6.07) is 0. The summed E-state index contributed by atoms with van der Waals surface area (Å²) in [6.45, 7) is 8.30. The van der Waals surface area contributed by atoms with Crippen LogP contribution in [-0.4, -0.2) is 11.1 Å². The van der Waals surface area contributed by atoms with E-state index in [0.717, 1.165) is 32.1 Å². The van der Waals surface area contributed by atoms with Crippen molar-refractivity contribution >= 4 is 5.97 Å². The molecule has 1 N–H and O–H groups in total. The Morgan fingerprint density at radius 3 is 2.67 bits per heavy atom. The SMILES string of the molecule is C=C(CC)CC1CC(C)CCC1C(=O)O. The normalized spacial score (nSPS) is 31.2. The summed E-state index contributed by atoms with van der Waals surface area (Å²) in [5.41, 5.74) is 1.19. The fraction of sp³-hybridized carbons (Fsp3) is 0.769. The highest BCUT2D eigenvalue weighted by Crippen LogP contribution is 2.37. The summed E-state index contributed by atoms with van der Waals surface area (Å²) < 4.78 is 0. The molecule has 0 amide bonds. The van der Waals surface area contributed by atoms with Gasteiger partial charge in [-0.25, -0.2) is 0 Å². The minimum Gasteiger partial charge on any atom is -0.481 e. The standard InChI is InChI=1S/C13H22O2/c1-4-9(2)7-11-8-10(3)5-6-12(11)13(14)15/h10-12H,2,4-8H2,1,3H3,(H,14,15). The fourth-order valence-electron chi connectivity index (χ4n) is 2.56. The van der Waals surface area contributed by atoms with E-state index in [1.54, 1.807) is 0 Å². The molecule has 0 aromatic heterocycles. The van der Waals surface area contributed by atoms with Gasteiger partial charge < -0.3 is 5.11 Å². The van der Waals surface area contributed by atoms with Crippen molar-refractivity contribution in [1.82, 2.24) is 0 Å². The minimum absolute atomic E-state index is 0.135. The van der Waals surface area contributed by atoms with Crippen LogP contribution in [0.15, 0.2) is 12.2 Å². The highest BCUT2D eigenvalue weighted by molar-refractivity contribution is 5.70. The molecule has 1 saturated carbocycles. The Balaban J connectivity index is 2.61. The number of rotatable bonds is 4. The highest BCUT2D eigenvalue weighted by atomic mass is 16.4. The van der Waals surface area contributed by atoms with Gasteiger partial charge in [0.25, 0.3) is 0 Å². The summed E-state index contributed by atoms with van der Waals surface area (Å²) >= 11 is 0. The number of allylic oxidation sites excluding steroid dienone is 1. The molecule has 0 aliphatic heterocycles. The smallest absolute Gasteiger partial charge is 0.306 e. The van der Waals surface area contributed by atoms with Crippen LogP contribution in [0.4, 0.5) is 0 Å². The van der Waals surface area contributed by atoms with Gasteiger partial charge in [0.2, 0.25) is 0 Å². The average molecular weight is 210 g/mol. The molecular formula is C13H22O2. The molecule has 2 nitrogen and oxygen atoms in total. The number of hydrogen-bond donors (Lipinski definition) is 1. The summed E-state index contributed by atoms with van der Waals surface area (Å²) in [4.78, 5) is 11.1. The molecule has 0 radical (unpaired) electrons. The first kappa shape index (κ1) is 12.3. The molecule has 2 heteroatoms. The second-order valence-electron chi connectivity index (χ2n) is 4.93. The zero-order valence-corrected chi connectivity index (χ0v) is 9.83. The van der Waals surface area contributed by atoms with Gasteiger partial charge in [0.15, 0.2) is 0 Å². The second kappa shape index (κ2) is 5.34. The van der Waals surface area contributed by atoms with Gasteiger partial charge in [-0.15, -0.1) is 0 Å². The van der Waals surface area contributed by atoms with Gasteiger partial charge in [0, 0.05) is 0 Å². The molecule has 1 fully saturated rings. The van der Waals surface area contributed by atoms with Crippen molar-refractivity contribution in [2.45, 2.75) is 46.0 Å². The van der Waals surface area contributed by atoms with Gasteiger partial charge in [0.1, 0.15) is 0 Å². The molecule has 1 rings (SSSR count). The van der Waals surface area contributed by atoms with E-state index in [1.165, 1.54) is 5.57 Å². The van der Waals surface area contributed by atoms with E-state index in [2.05, 4.69) is 20.4 Å². The third kappa shape index (κ3) is 3.37. The molecule has 1 aliphatic carbocycles. The van der Waals surface area contributed by atoms with Crippen molar-refractivity contribution in [2.75, 3.05) is 0 Å². The van der Waals surface area contributed by atoms with E-state index in [0.29, 0.717) is 11.8 Å². The molecule has 0 aromatic carbocycles. The lowest BCUT2D eigenvalue weighted by Gasteiger charge is -2.32. The van der Waals surface area contributed by atoms with Gasteiger partial charge in [-0.1, -0.05) is 26.0 Å². The van der Waals surface area contributed by atoms with Crippen LogP contribution in [0, 0.1) is 17.8 Å². The van der Waals surface area contributed by atoms with Crippen molar-refractivity contribution in [3.05, 3.63) is 12.2 Å². The van der Waals surface area contributed by atoms with Gasteiger partial charge >= 0.3 is 5.97 Å².